The van der Waals surface area contributed by atoms with Crippen molar-refractivity contribution >= 4 is 44.8 Å². The minimum absolute atomic E-state index is 0.119. The average Bonchev–Trinajstić information content (AvgIpc) is 3.09. The van der Waals surface area contributed by atoms with E-state index in [9.17, 15) is 18.8 Å². The van der Waals surface area contributed by atoms with Crippen molar-refractivity contribution in [3.8, 4) is 0 Å². The summed E-state index contributed by atoms with van der Waals surface area (Å²) >= 11 is 1.18. The van der Waals surface area contributed by atoms with Crippen LogP contribution in [0.25, 0.3) is 10.1 Å². The molecule has 138 valence electrons. The largest absolute Gasteiger partial charge is 0.453 e. The average molecular weight is 385 g/mol. The molecule has 1 heterocycles. The van der Waals surface area contributed by atoms with Gasteiger partial charge in [0.05, 0.1) is 0 Å². The number of carbonyl (C=O) groups excluding carboxylic acids is 3. The number of fused-ring (bicyclic) bond motifs is 1. The highest BCUT2D eigenvalue weighted by Gasteiger charge is 2.15. The van der Waals surface area contributed by atoms with E-state index in [1.165, 1.54) is 23.5 Å². The zero-order chi connectivity index (χ0) is 19.4. The van der Waals surface area contributed by atoms with Gasteiger partial charge in [-0.25, -0.2) is 9.18 Å². The SMILES string of the molecule is CCC(=O)Nc1ccc(C(=O)COC(=O)c2cc3cc(F)ccc3s2)cc1. The normalized spacial score (nSPS) is 10.6. The highest BCUT2D eigenvalue weighted by molar-refractivity contribution is 7.20. The quantitative estimate of drug-likeness (QED) is 0.503. The first-order chi connectivity index (χ1) is 13.0. The van der Waals surface area contributed by atoms with Gasteiger partial charge in [-0.05, 0) is 53.9 Å². The molecule has 0 aliphatic carbocycles. The molecule has 1 aromatic heterocycles. The van der Waals surface area contributed by atoms with E-state index in [2.05, 4.69) is 5.32 Å². The zero-order valence-corrected chi connectivity index (χ0v) is 15.3. The highest BCUT2D eigenvalue weighted by Crippen LogP contribution is 2.26. The van der Waals surface area contributed by atoms with Crippen LogP contribution in [-0.4, -0.2) is 24.3 Å². The van der Waals surface area contributed by atoms with Crippen molar-refractivity contribution in [3.63, 3.8) is 0 Å². The van der Waals surface area contributed by atoms with Gasteiger partial charge in [-0.1, -0.05) is 6.92 Å². The Hall–Kier alpha value is -3.06. The van der Waals surface area contributed by atoms with Crippen LogP contribution in [0.1, 0.15) is 33.4 Å². The molecule has 7 heteroatoms. The number of anilines is 1. The summed E-state index contributed by atoms with van der Waals surface area (Å²) in [4.78, 5) is 36.0. The Morgan fingerprint density at radius 2 is 1.81 bits per heavy atom. The van der Waals surface area contributed by atoms with Gasteiger partial charge < -0.3 is 10.1 Å². The second-order valence-electron chi connectivity index (χ2n) is 5.77. The Morgan fingerprint density at radius 3 is 2.52 bits per heavy atom. The molecule has 1 N–H and O–H groups in total. The molecule has 0 spiro atoms. The summed E-state index contributed by atoms with van der Waals surface area (Å²) in [6, 6.07) is 12.1. The molecular weight excluding hydrogens is 369 g/mol. The molecule has 27 heavy (non-hydrogen) atoms. The number of benzene rings is 2. The van der Waals surface area contributed by atoms with E-state index < -0.39 is 12.6 Å². The van der Waals surface area contributed by atoms with E-state index in [1.807, 2.05) is 0 Å². The summed E-state index contributed by atoms with van der Waals surface area (Å²) in [6.07, 6.45) is 0.362. The number of nitrogens with one attached hydrogen (secondary N) is 1. The number of Topliss-reactive ketones (excluding diaryl/α,β-unsaturated/α-hetero) is 1. The molecule has 2 aromatic carbocycles. The molecule has 0 aliphatic heterocycles. The molecule has 0 atom stereocenters. The van der Waals surface area contributed by atoms with E-state index in [0.717, 1.165) is 4.70 Å². The maximum absolute atomic E-state index is 13.2. The number of amides is 1. The third-order valence-corrected chi connectivity index (χ3v) is 4.92. The van der Waals surface area contributed by atoms with Crippen LogP contribution < -0.4 is 5.32 Å². The molecule has 0 unspecified atom stereocenters. The van der Waals surface area contributed by atoms with Crippen LogP contribution in [0.3, 0.4) is 0 Å². The van der Waals surface area contributed by atoms with Gasteiger partial charge in [-0.3, -0.25) is 9.59 Å². The number of carbonyl (C=O) groups is 3. The van der Waals surface area contributed by atoms with Crippen molar-refractivity contribution < 1.29 is 23.5 Å². The van der Waals surface area contributed by atoms with Gasteiger partial charge in [-0.2, -0.15) is 0 Å². The molecule has 0 fully saturated rings. The van der Waals surface area contributed by atoms with Crippen molar-refractivity contribution in [2.75, 3.05) is 11.9 Å². The third kappa shape index (κ3) is 4.57. The fourth-order valence-corrected chi connectivity index (χ4v) is 3.33. The van der Waals surface area contributed by atoms with Gasteiger partial charge in [0, 0.05) is 22.4 Å². The first-order valence-electron chi connectivity index (χ1n) is 8.25. The molecule has 0 aliphatic rings. The summed E-state index contributed by atoms with van der Waals surface area (Å²) in [7, 11) is 0. The van der Waals surface area contributed by atoms with Crippen molar-refractivity contribution in [3.05, 3.63) is 64.8 Å². The summed E-state index contributed by atoms with van der Waals surface area (Å²) in [6.45, 7) is 1.34. The number of ether oxygens (including phenoxy) is 1. The molecule has 0 radical (unpaired) electrons. The smallest absolute Gasteiger partial charge is 0.348 e. The third-order valence-electron chi connectivity index (χ3n) is 3.83. The van der Waals surface area contributed by atoms with Gasteiger partial charge in [0.15, 0.2) is 12.4 Å². The Balaban J connectivity index is 1.60. The molecule has 0 saturated heterocycles. The highest BCUT2D eigenvalue weighted by atomic mass is 32.1. The lowest BCUT2D eigenvalue weighted by Crippen LogP contribution is -2.14. The number of ketones is 1. The predicted molar refractivity (Wildman–Crippen MR) is 102 cm³/mol. The Kier molecular flexibility index (Phi) is 5.61. The zero-order valence-electron chi connectivity index (χ0n) is 14.5. The molecule has 1 amide bonds. The Labute approximate surface area is 158 Å². The Morgan fingerprint density at radius 1 is 1.07 bits per heavy atom. The molecule has 0 saturated carbocycles. The van der Waals surface area contributed by atoms with Gasteiger partial charge in [0.25, 0.3) is 0 Å². The number of hydrogen-bond donors (Lipinski definition) is 1. The van der Waals surface area contributed by atoms with E-state index >= 15 is 0 Å². The summed E-state index contributed by atoms with van der Waals surface area (Å²) in [5.74, 6) is -1.49. The maximum Gasteiger partial charge on any atom is 0.348 e. The maximum atomic E-state index is 13.2. The lowest BCUT2D eigenvalue weighted by atomic mass is 10.1. The standard InChI is InChI=1S/C20H16FNO4S/c1-2-19(24)22-15-6-3-12(4-7-15)16(23)11-26-20(25)18-10-13-9-14(21)5-8-17(13)27-18/h3-10H,2,11H2,1H3,(H,22,24). The van der Waals surface area contributed by atoms with Gasteiger partial charge in [0.1, 0.15) is 10.7 Å². The number of rotatable bonds is 6. The van der Waals surface area contributed by atoms with Crippen molar-refractivity contribution in [2.45, 2.75) is 13.3 Å². The number of hydrogen-bond acceptors (Lipinski definition) is 5. The number of thiophene rings is 1. The van der Waals surface area contributed by atoms with Crippen LogP contribution in [-0.2, 0) is 9.53 Å². The topological polar surface area (TPSA) is 72.5 Å². The molecule has 3 rings (SSSR count). The van der Waals surface area contributed by atoms with Gasteiger partial charge in [0.2, 0.25) is 5.91 Å². The Bertz CT molecular complexity index is 1010. The van der Waals surface area contributed by atoms with E-state index in [1.54, 1.807) is 43.3 Å². The summed E-state index contributed by atoms with van der Waals surface area (Å²) < 4.78 is 19.1. The molecule has 0 bridgehead atoms. The van der Waals surface area contributed by atoms with Crippen LogP contribution >= 0.6 is 11.3 Å². The molecular formula is C20H16FNO4S. The molecule has 3 aromatic rings. The monoisotopic (exact) mass is 385 g/mol. The van der Waals surface area contributed by atoms with Crippen molar-refractivity contribution in [2.24, 2.45) is 0 Å². The predicted octanol–water partition coefficient (Wildman–Crippen LogP) is 4.43. The van der Waals surface area contributed by atoms with E-state index in [0.29, 0.717) is 27.9 Å². The van der Waals surface area contributed by atoms with Gasteiger partial charge >= 0.3 is 5.97 Å². The second-order valence-corrected chi connectivity index (χ2v) is 6.85. The fraction of sp³-hybridized carbons (Fsp3) is 0.150. The number of esters is 1. The minimum Gasteiger partial charge on any atom is -0.453 e. The van der Waals surface area contributed by atoms with Crippen LogP contribution in [0.5, 0.6) is 0 Å². The summed E-state index contributed by atoms with van der Waals surface area (Å²) in [5, 5.41) is 3.30. The van der Waals surface area contributed by atoms with Crippen LogP contribution in [0.15, 0.2) is 48.5 Å². The van der Waals surface area contributed by atoms with Crippen LogP contribution in [0, 0.1) is 5.82 Å². The lowest BCUT2D eigenvalue weighted by molar-refractivity contribution is -0.115. The van der Waals surface area contributed by atoms with Crippen LogP contribution in [0.2, 0.25) is 0 Å². The van der Waals surface area contributed by atoms with E-state index in [4.69, 9.17) is 4.74 Å². The number of halogens is 1. The van der Waals surface area contributed by atoms with Crippen molar-refractivity contribution in [1.29, 1.82) is 0 Å². The van der Waals surface area contributed by atoms with Crippen molar-refractivity contribution in [1.82, 2.24) is 0 Å². The first-order valence-corrected chi connectivity index (χ1v) is 9.07. The van der Waals surface area contributed by atoms with E-state index in [-0.39, 0.29) is 17.5 Å². The fourth-order valence-electron chi connectivity index (χ4n) is 2.39. The first kappa shape index (κ1) is 18.7. The van der Waals surface area contributed by atoms with Crippen LogP contribution in [0.4, 0.5) is 10.1 Å². The lowest BCUT2D eigenvalue weighted by Gasteiger charge is -2.06. The molecule has 5 nitrogen and oxygen atoms in total. The second kappa shape index (κ2) is 8.09. The minimum atomic E-state index is -0.628. The summed E-state index contributed by atoms with van der Waals surface area (Å²) in [5.41, 5.74) is 0.962. The van der Waals surface area contributed by atoms with Gasteiger partial charge in [-0.15, -0.1) is 11.3 Å².